The number of halogens is 1. The van der Waals surface area contributed by atoms with Crippen LogP contribution in [0.3, 0.4) is 0 Å². The third kappa shape index (κ3) is 11.2. The second kappa shape index (κ2) is 14.8. The van der Waals surface area contributed by atoms with Crippen molar-refractivity contribution in [2.75, 3.05) is 6.61 Å². The molecule has 1 saturated heterocycles. The van der Waals surface area contributed by atoms with E-state index >= 15 is 0 Å². The molecule has 0 aromatic heterocycles. The maximum atomic E-state index is 12.3. The van der Waals surface area contributed by atoms with Crippen LogP contribution in [0.2, 0.25) is 5.02 Å². The van der Waals surface area contributed by atoms with Crippen molar-refractivity contribution >= 4 is 29.3 Å². The van der Waals surface area contributed by atoms with Gasteiger partial charge in [-0.25, -0.2) is 4.79 Å². The zero-order valence-corrected chi connectivity index (χ0v) is 19.2. The van der Waals surface area contributed by atoms with Crippen LogP contribution < -0.4 is 4.74 Å². The molecule has 0 N–H and O–H groups in total. The van der Waals surface area contributed by atoms with Gasteiger partial charge < -0.3 is 14.3 Å². The monoisotopic (exact) mass is 451 g/mol. The summed E-state index contributed by atoms with van der Waals surface area (Å²) in [5, 5.41) is 4.70. The lowest BCUT2D eigenvalue weighted by Gasteiger charge is -2.13. The number of hydrogen-bond donors (Lipinski definition) is 0. The average molecular weight is 452 g/mol. The molecule has 0 radical (unpaired) electrons. The van der Waals surface area contributed by atoms with Crippen molar-refractivity contribution in [1.29, 1.82) is 0 Å². The predicted molar refractivity (Wildman–Crippen MR) is 121 cm³/mol. The van der Waals surface area contributed by atoms with E-state index in [2.05, 4.69) is 5.16 Å². The van der Waals surface area contributed by atoms with Crippen LogP contribution in [0.5, 0.6) is 5.75 Å². The fourth-order valence-electron chi connectivity index (χ4n) is 3.36. The summed E-state index contributed by atoms with van der Waals surface area (Å²) in [6.45, 7) is 1.98. The molecule has 31 heavy (non-hydrogen) atoms. The highest BCUT2D eigenvalue weighted by Gasteiger charge is 2.17. The first-order chi connectivity index (χ1) is 15.0. The molecule has 0 bridgehead atoms. The topological polar surface area (TPSA) is 74.2 Å². The SMILES string of the molecule is CC(Oc1ccc(Cl)cc1)C(=O)ON=C1CCCCCCCCCCC(=O)OCCC1. The third-order valence-corrected chi connectivity index (χ3v) is 5.44. The molecule has 0 aliphatic carbocycles. The minimum absolute atomic E-state index is 0.134. The molecule has 0 spiro atoms. The molecule has 0 saturated carbocycles. The molecule has 172 valence electrons. The van der Waals surface area contributed by atoms with Gasteiger partial charge in [0.05, 0.1) is 12.3 Å². The summed E-state index contributed by atoms with van der Waals surface area (Å²) in [5.41, 5.74) is 0.815. The molecule has 1 unspecified atom stereocenters. The van der Waals surface area contributed by atoms with E-state index in [1.54, 1.807) is 31.2 Å². The number of hydrogen-bond acceptors (Lipinski definition) is 6. The van der Waals surface area contributed by atoms with Crippen molar-refractivity contribution in [3.05, 3.63) is 29.3 Å². The first kappa shape index (κ1) is 25.2. The van der Waals surface area contributed by atoms with Gasteiger partial charge in [-0.3, -0.25) is 4.79 Å². The molecule has 1 atom stereocenters. The fourth-order valence-corrected chi connectivity index (χ4v) is 3.48. The van der Waals surface area contributed by atoms with Crippen LogP contribution in [-0.2, 0) is 19.2 Å². The Labute approximate surface area is 190 Å². The van der Waals surface area contributed by atoms with Crippen LogP contribution in [0.1, 0.15) is 84.0 Å². The molecule has 7 heteroatoms. The summed E-state index contributed by atoms with van der Waals surface area (Å²) >= 11 is 5.86. The molecule has 0 amide bonds. The van der Waals surface area contributed by atoms with E-state index in [4.69, 9.17) is 25.9 Å². The lowest BCUT2D eigenvalue weighted by atomic mass is 10.0. The summed E-state index contributed by atoms with van der Waals surface area (Å²) in [7, 11) is 0. The summed E-state index contributed by atoms with van der Waals surface area (Å²) < 4.78 is 10.9. The first-order valence-corrected chi connectivity index (χ1v) is 11.8. The Morgan fingerprint density at radius 1 is 0.935 bits per heavy atom. The molecule has 1 fully saturated rings. The highest BCUT2D eigenvalue weighted by Crippen LogP contribution is 2.17. The lowest BCUT2D eigenvalue weighted by Crippen LogP contribution is -2.25. The van der Waals surface area contributed by atoms with Gasteiger partial charge in [-0.2, -0.15) is 0 Å². The van der Waals surface area contributed by atoms with Gasteiger partial charge in [0.2, 0.25) is 0 Å². The summed E-state index contributed by atoms with van der Waals surface area (Å²) in [4.78, 5) is 29.2. The van der Waals surface area contributed by atoms with E-state index in [0.717, 1.165) is 37.8 Å². The molecule has 2 rings (SSSR count). The smallest absolute Gasteiger partial charge is 0.374 e. The van der Waals surface area contributed by atoms with Gasteiger partial charge in [-0.05, 0) is 63.3 Å². The van der Waals surface area contributed by atoms with Gasteiger partial charge in [-0.15, -0.1) is 0 Å². The number of ether oxygens (including phenoxy) is 2. The van der Waals surface area contributed by atoms with Crippen LogP contribution in [0.4, 0.5) is 0 Å². The van der Waals surface area contributed by atoms with Crippen molar-refractivity contribution in [2.45, 2.75) is 90.1 Å². The van der Waals surface area contributed by atoms with E-state index in [1.807, 2.05) is 0 Å². The number of oxime groups is 1. The molecular weight excluding hydrogens is 418 g/mol. The second-order valence-corrected chi connectivity index (χ2v) is 8.37. The van der Waals surface area contributed by atoms with Gasteiger partial charge in [0, 0.05) is 11.4 Å². The van der Waals surface area contributed by atoms with Crippen LogP contribution in [0.25, 0.3) is 0 Å². The van der Waals surface area contributed by atoms with Crippen molar-refractivity contribution < 1.29 is 23.9 Å². The fraction of sp³-hybridized carbons (Fsp3) is 0.625. The van der Waals surface area contributed by atoms with E-state index in [0.29, 0.717) is 36.6 Å². The average Bonchev–Trinajstić information content (AvgIpc) is 2.76. The van der Waals surface area contributed by atoms with E-state index in [-0.39, 0.29) is 5.97 Å². The molecule has 1 aliphatic heterocycles. The van der Waals surface area contributed by atoms with Crippen molar-refractivity contribution in [1.82, 2.24) is 0 Å². The molecular formula is C24H34ClNO5. The zero-order valence-electron chi connectivity index (χ0n) is 18.4. The second-order valence-electron chi connectivity index (χ2n) is 7.93. The summed E-state index contributed by atoms with van der Waals surface area (Å²) in [5.74, 6) is -0.153. The molecule has 1 aromatic rings. The number of carbonyl (C=O) groups excluding carboxylic acids is 2. The van der Waals surface area contributed by atoms with Gasteiger partial charge >= 0.3 is 11.9 Å². The Balaban J connectivity index is 1.85. The van der Waals surface area contributed by atoms with Crippen LogP contribution in [-0.4, -0.2) is 30.4 Å². The molecule has 1 aliphatic rings. The molecule has 1 heterocycles. The largest absolute Gasteiger partial charge is 0.479 e. The van der Waals surface area contributed by atoms with E-state index < -0.39 is 12.1 Å². The summed E-state index contributed by atoms with van der Waals surface area (Å²) in [6.07, 6.45) is 10.7. The van der Waals surface area contributed by atoms with Crippen LogP contribution >= 0.6 is 11.6 Å². The van der Waals surface area contributed by atoms with Crippen molar-refractivity contribution in [3.8, 4) is 5.75 Å². The van der Waals surface area contributed by atoms with Gasteiger partial charge in [0.1, 0.15) is 5.75 Å². The predicted octanol–water partition coefficient (Wildman–Crippen LogP) is 6.24. The number of rotatable bonds is 4. The Hall–Kier alpha value is -2.08. The summed E-state index contributed by atoms with van der Waals surface area (Å²) in [6, 6.07) is 6.78. The minimum atomic E-state index is -0.794. The van der Waals surface area contributed by atoms with Crippen molar-refractivity contribution in [3.63, 3.8) is 0 Å². The lowest BCUT2D eigenvalue weighted by molar-refractivity contribution is -0.151. The van der Waals surface area contributed by atoms with E-state index in [1.165, 1.54) is 25.7 Å². The third-order valence-electron chi connectivity index (χ3n) is 5.19. The highest BCUT2D eigenvalue weighted by molar-refractivity contribution is 6.30. The molecule has 6 nitrogen and oxygen atoms in total. The quantitative estimate of drug-likeness (QED) is 0.307. The Morgan fingerprint density at radius 3 is 2.19 bits per heavy atom. The maximum absolute atomic E-state index is 12.3. The maximum Gasteiger partial charge on any atom is 0.374 e. The van der Waals surface area contributed by atoms with Crippen molar-refractivity contribution in [2.24, 2.45) is 5.16 Å². The van der Waals surface area contributed by atoms with Crippen LogP contribution in [0, 0.1) is 0 Å². The number of carbonyl (C=O) groups is 2. The molecule has 1 aromatic carbocycles. The Kier molecular flexibility index (Phi) is 12.1. The zero-order chi connectivity index (χ0) is 22.3. The number of nitrogens with zero attached hydrogens (tertiary/aromatic N) is 1. The number of cyclic esters (lactones) is 1. The minimum Gasteiger partial charge on any atom is -0.479 e. The number of esters is 1. The van der Waals surface area contributed by atoms with Gasteiger partial charge in [0.15, 0.2) is 6.10 Å². The first-order valence-electron chi connectivity index (χ1n) is 11.4. The van der Waals surface area contributed by atoms with Gasteiger partial charge in [-0.1, -0.05) is 55.3 Å². The van der Waals surface area contributed by atoms with Gasteiger partial charge in [0.25, 0.3) is 0 Å². The Morgan fingerprint density at radius 2 is 1.52 bits per heavy atom. The van der Waals surface area contributed by atoms with Crippen LogP contribution in [0.15, 0.2) is 29.4 Å². The van der Waals surface area contributed by atoms with E-state index in [9.17, 15) is 9.59 Å². The standard InChI is InChI=1S/C24H34ClNO5/c1-19(30-22-16-14-20(25)15-17-22)24(28)31-26-21-11-8-6-4-2-3-5-7-9-13-23(27)29-18-10-12-21/h14-17,19H,2-13,18H2,1H3. The Bertz CT molecular complexity index is 704. The number of benzene rings is 1. The highest BCUT2D eigenvalue weighted by atomic mass is 35.5. The normalized spacial score (nSPS) is 19.9.